The van der Waals surface area contributed by atoms with E-state index in [2.05, 4.69) is 33.2 Å². The topological polar surface area (TPSA) is 375 Å². The van der Waals surface area contributed by atoms with Gasteiger partial charge in [0.2, 0.25) is 43.7 Å². The molecule has 4 N–H and O–H groups in total. The highest BCUT2D eigenvalue weighted by atomic mass is 35.5. The van der Waals surface area contributed by atoms with Crippen LogP contribution >= 0.6 is 11.6 Å². The lowest BCUT2D eigenvalue weighted by Gasteiger charge is -2.32. The number of hydrogen-bond acceptors (Lipinski definition) is 21. The molecule has 2 aromatic heterocycles. The molecule has 32 heteroatoms. The van der Waals surface area contributed by atoms with Gasteiger partial charge in [0.25, 0.3) is 35.0 Å². The van der Waals surface area contributed by atoms with E-state index in [-0.39, 0.29) is 122 Å². The number of fused-ring (bicyclic) bond motifs is 10. The summed E-state index contributed by atoms with van der Waals surface area (Å²) in [6.07, 6.45) is 21.4. The van der Waals surface area contributed by atoms with E-state index < -0.39 is 124 Å². The zero-order valence-corrected chi connectivity index (χ0v) is 69.6. The van der Waals surface area contributed by atoms with Crippen molar-refractivity contribution in [3.05, 3.63) is 87.4 Å². The van der Waals surface area contributed by atoms with E-state index in [1.165, 1.54) is 38.2 Å². The minimum Gasteiger partial charge on any atom is -0.497 e. The quantitative estimate of drug-likeness (QED) is 0.0636. The highest BCUT2D eigenvalue weighted by molar-refractivity contribution is 7.92. The Morgan fingerprint density at radius 3 is 1.32 bits per heavy atom. The molecule has 2 aromatic carbocycles. The third-order valence-corrected chi connectivity index (χ3v) is 32.6. The molecule has 0 unspecified atom stereocenters. The first-order valence-corrected chi connectivity index (χ1v) is 46.0. The summed E-state index contributed by atoms with van der Waals surface area (Å²) >= 11 is 6.32. The molecular weight excluding hydrogens is 1560 g/mol. The Morgan fingerprint density at radius 1 is 0.521 bits per heavy atom. The minimum atomic E-state index is -4.01. The highest BCUT2D eigenvalue weighted by Crippen LogP contribution is 2.50. The zero-order valence-electron chi connectivity index (χ0n) is 67.2. The van der Waals surface area contributed by atoms with Crippen LogP contribution in [0.1, 0.15) is 219 Å². The van der Waals surface area contributed by atoms with Crippen molar-refractivity contribution in [2.24, 2.45) is 47.3 Å². The summed E-state index contributed by atoms with van der Waals surface area (Å²) in [4.78, 5) is 155. The number of esters is 2. The maximum atomic E-state index is 15.0. The van der Waals surface area contributed by atoms with Crippen LogP contribution in [0.2, 0.25) is 5.02 Å². The summed E-state index contributed by atoms with van der Waals surface area (Å²) in [7, 11) is -6.50. The predicted octanol–water partition coefficient (Wildman–Crippen LogP) is 9.24. The Hall–Kier alpha value is -8.45. The highest BCUT2D eigenvalue weighted by Gasteiger charge is 2.65. The number of hydrogen-bond donors (Lipinski definition) is 4. The van der Waals surface area contributed by atoms with Crippen molar-refractivity contribution in [2.45, 2.75) is 289 Å². The smallest absolute Gasteiger partial charge is 0.306 e. The molecule has 0 radical (unpaired) electrons. The van der Waals surface area contributed by atoms with Crippen LogP contribution in [-0.2, 0) is 81.0 Å². The average Bonchev–Trinajstić information content (AvgIpc) is 1.57. The van der Waals surface area contributed by atoms with Gasteiger partial charge < -0.3 is 44.1 Å². The van der Waals surface area contributed by atoms with Crippen LogP contribution in [0.15, 0.2) is 71.3 Å². The Kier molecular flexibility index (Phi) is 24.0. The van der Waals surface area contributed by atoms with Gasteiger partial charge in [0, 0.05) is 48.9 Å². The molecule has 117 heavy (non-hydrogen) atoms. The van der Waals surface area contributed by atoms with E-state index in [9.17, 15) is 64.8 Å². The molecule has 8 aliphatic carbocycles. The summed E-state index contributed by atoms with van der Waals surface area (Å²) in [6, 6.07) is 7.74. The summed E-state index contributed by atoms with van der Waals surface area (Å²) in [6.45, 7) is 11.3. The molecule has 4 aromatic rings. The Labute approximate surface area is 687 Å². The molecule has 2 saturated heterocycles. The monoisotopic (exact) mass is 1670 g/mol. The number of methoxy groups -OCH3 is 1. The van der Waals surface area contributed by atoms with Crippen molar-refractivity contribution >= 4 is 101 Å². The fourth-order valence-electron chi connectivity index (χ4n) is 19.9. The summed E-state index contributed by atoms with van der Waals surface area (Å²) in [5.74, 6) is -6.38. The van der Waals surface area contributed by atoms with Gasteiger partial charge in [0.15, 0.2) is 0 Å². The van der Waals surface area contributed by atoms with Crippen LogP contribution < -0.4 is 45.4 Å². The van der Waals surface area contributed by atoms with Gasteiger partial charge >= 0.3 is 11.9 Å². The van der Waals surface area contributed by atoms with Crippen molar-refractivity contribution in [3.8, 4) is 17.8 Å². The van der Waals surface area contributed by atoms with Crippen LogP contribution in [0.25, 0.3) is 21.8 Å². The average molecular weight is 1680 g/mol. The molecule has 16 rings (SSSR count). The molecule has 6 heterocycles. The van der Waals surface area contributed by atoms with Crippen LogP contribution in [0.5, 0.6) is 17.8 Å². The first kappa shape index (κ1) is 83.6. The first-order valence-electron chi connectivity index (χ1n) is 42.6. The molecule has 4 aliphatic heterocycles. The van der Waals surface area contributed by atoms with Gasteiger partial charge in [0.1, 0.15) is 53.3 Å². The fourth-order valence-corrected chi connectivity index (χ4v) is 22.7. The predicted molar refractivity (Wildman–Crippen MR) is 432 cm³/mol. The van der Waals surface area contributed by atoms with Crippen molar-refractivity contribution < 1.29 is 78.9 Å². The second-order valence-corrected chi connectivity index (χ2v) is 40.7. The van der Waals surface area contributed by atoms with Gasteiger partial charge in [-0.25, -0.2) is 16.8 Å². The number of amides is 6. The standard InChI is InChI=1S/C43H57N5O10S.C42H54ClN5O9S/c1-4-28-24-43(28,40(53)46-59(54,55)42(2)18-19-42)45-37(50)34-22-30-25-48(34)39(52)32(26-11-7-8-12-26)23-36(49)58-35-15-10-14-27(35)13-6-5-9-20-47-38(51)31-17-16-29(56-3)21-33(31)44-41(47)57-30;1-3-27-23-42(27,39(53)46-58(54,55)41(2)17-18-41)45-36(50)33-21-29-24-48(33)38(52)31(25-10-6-7-11-25)22-35(49)57-34-14-9-13-26(34)12-5-4-8-19-47-37(51)30-16-15-28(43)20-32(30)44-40(47)56-29/h4,16-17,21,26-28,30,32,34-35H,1,5-15,18-20,22-25H2,2-3H3,(H,45,50)(H,46,53);3,15-16,20,25-27,29,31,33-34H,1,4-14,17-19,21-24H2,2H3,(H,45,50)(H,46,53)/t27-,28-,30-,32+,34+,35-,43-;26-,27-,29-,31+,33+,34-,42-/m11/s1. The Balaban J connectivity index is 0.000000183. The minimum absolute atomic E-state index is 0.0119. The number of halogens is 1. The maximum Gasteiger partial charge on any atom is 0.306 e. The van der Waals surface area contributed by atoms with E-state index in [0.717, 1.165) is 128 Å². The van der Waals surface area contributed by atoms with E-state index in [1.54, 1.807) is 50.2 Å². The van der Waals surface area contributed by atoms with E-state index in [1.807, 2.05) is 0 Å². The van der Waals surface area contributed by atoms with Gasteiger partial charge in [-0.15, -0.1) is 13.2 Å². The summed E-state index contributed by atoms with van der Waals surface area (Å²) in [5, 5.41) is 6.89. The van der Waals surface area contributed by atoms with Crippen LogP contribution in [-0.4, -0.2) is 170 Å². The lowest BCUT2D eigenvalue weighted by atomic mass is 9.86. The number of ether oxygens (including phenoxy) is 5. The number of benzene rings is 2. The van der Waals surface area contributed by atoms with E-state index in [4.69, 9.17) is 45.3 Å². The maximum absolute atomic E-state index is 15.0. The normalized spacial score (nSPS) is 31.4. The van der Waals surface area contributed by atoms with Crippen LogP contribution in [0.3, 0.4) is 0 Å². The van der Waals surface area contributed by atoms with Crippen molar-refractivity contribution in [3.63, 3.8) is 0 Å². The molecule has 8 saturated carbocycles. The molecule has 6 amide bonds. The third-order valence-electron chi connectivity index (χ3n) is 28.0. The Morgan fingerprint density at radius 2 is 0.915 bits per heavy atom. The third kappa shape index (κ3) is 17.3. The number of carbonyl (C=O) groups is 8. The van der Waals surface area contributed by atoms with Crippen LogP contribution in [0, 0.1) is 47.3 Å². The van der Waals surface area contributed by atoms with Crippen LogP contribution in [0.4, 0.5) is 0 Å². The number of sulfonamides is 2. The van der Waals surface area contributed by atoms with E-state index >= 15 is 0 Å². The second kappa shape index (κ2) is 33.6. The summed E-state index contributed by atoms with van der Waals surface area (Å²) < 4.78 is 88.7. The fraction of sp³-hybridized carbons (Fsp3) is 0.671. The lowest BCUT2D eigenvalue weighted by molar-refractivity contribution is -0.157. The zero-order chi connectivity index (χ0) is 82.7. The molecule has 0 spiro atoms. The van der Waals surface area contributed by atoms with Crippen molar-refractivity contribution in [2.75, 3.05) is 20.2 Å². The van der Waals surface area contributed by atoms with E-state index in [0.29, 0.717) is 84.2 Å². The molecule has 10 fully saturated rings. The van der Waals surface area contributed by atoms with Gasteiger partial charge in [-0.1, -0.05) is 75.1 Å². The molecular formula is C85H111ClN10O19S2. The number of aromatic nitrogens is 4. The van der Waals surface area contributed by atoms with Crippen molar-refractivity contribution in [1.29, 1.82) is 0 Å². The van der Waals surface area contributed by atoms with Gasteiger partial charge in [-0.2, -0.15) is 9.97 Å². The first-order chi connectivity index (χ1) is 56.0. The van der Waals surface area contributed by atoms with Gasteiger partial charge in [-0.05, 0) is 196 Å². The van der Waals surface area contributed by atoms with Crippen molar-refractivity contribution in [1.82, 2.24) is 49.0 Å². The largest absolute Gasteiger partial charge is 0.497 e. The lowest BCUT2D eigenvalue weighted by Crippen LogP contribution is -2.57. The number of nitrogens with zero attached hydrogens (tertiary/aromatic N) is 6. The Bertz CT molecular complexity index is 4960. The summed E-state index contributed by atoms with van der Waals surface area (Å²) in [5.41, 5.74) is -3.00. The van der Waals surface area contributed by atoms with Gasteiger partial charge in [-0.3, -0.25) is 66.5 Å². The number of carbonyl (C=O) groups excluding carboxylic acids is 8. The van der Waals surface area contributed by atoms with Gasteiger partial charge in [0.05, 0.1) is 76.2 Å². The molecule has 12 aliphatic rings. The molecule has 634 valence electrons. The molecule has 29 nitrogen and oxygen atoms in total. The SMILES string of the molecule is C=C[C@@H]1C[C@]1(NC(=O)[C@@H]1C[C@@H]2CN1C(=O)[C@H](C1CCCC1)CC(=O)O[C@@H]1CCC[C@H]1CCCCCn1c(nc3cc(Cl)ccc3c1=O)O2)C(=O)NS(=O)(=O)C1(C)CC1.C=C[C@@H]1C[C@]1(NC(=O)[C@@H]1C[C@@H]2CN1C(=O)[C@H](C1CCCC1)CC(=O)O[C@@H]1CCC[C@H]1CCCCCn1c(nc3cc(OC)ccc3c1=O)O2)C(=O)NS(=O)(=O)C1(C)CC1. The second-order valence-electron chi connectivity index (χ2n) is 35.8. The molecule has 14 atom stereocenters. The molecule has 4 bridgehead atoms. The number of rotatable bonds is 15. The number of nitrogens with one attached hydrogen (secondary N) is 4.